The molecule has 1 saturated heterocycles. The Morgan fingerprint density at radius 3 is 2.55 bits per heavy atom. The predicted octanol–water partition coefficient (Wildman–Crippen LogP) is 2.18. The van der Waals surface area contributed by atoms with Gasteiger partial charge in [0.25, 0.3) is 0 Å². The first kappa shape index (κ1) is 21.3. The molecule has 0 spiro atoms. The van der Waals surface area contributed by atoms with Crippen LogP contribution >= 0.6 is 0 Å². The molecule has 1 unspecified atom stereocenters. The van der Waals surface area contributed by atoms with E-state index in [-0.39, 0.29) is 23.5 Å². The highest BCUT2D eigenvalue weighted by molar-refractivity contribution is 7.89. The van der Waals surface area contributed by atoms with Gasteiger partial charge in [0.1, 0.15) is 12.4 Å². The standard InChI is InChI=1S/C21H26N2O5S/c1-23(29(25,26)20-7-3-2-4-8-20)15-21(24)22-14-17-9-11-18(12-10-17)28-16-19-6-5-13-27-19/h2-4,7-12,19H,5-6,13-16H2,1H3,(H,22,24). The van der Waals surface area contributed by atoms with Crippen molar-refractivity contribution < 1.29 is 22.7 Å². The maximum Gasteiger partial charge on any atom is 0.243 e. The van der Waals surface area contributed by atoms with E-state index in [1.807, 2.05) is 24.3 Å². The van der Waals surface area contributed by atoms with Crippen molar-refractivity contribution in [3.05, 3.63) is 60.2 Å². The monoisotopic (exact) mass is 418 g/mol. The van der Waals surface area contributed by atoms with Crippen molar-refractivity contribution in [2.24, 2.45) is 0 Å². The molecule has 1 amide bonds. The third-order valence-electron chi connectivity index (χ3n) is 4.69. The number of likely N-dealkylation sites (N-methyl/N-ethyl adjacent to an activating group) is 1. The predicted molar refractivity (Wildman–Crippen MR) is 109 cm³/mol. The molecule has 0 bridgehead atoms. The van der Waals surface area contributed by atoms with Crippen molar-refractivity contribution in [3.63, 3.8) is 0 Å². The minimum Gasteiger partial charge on any atom is -0.491 e. The molecule has 0 aliphatic carbocycles. The zero-order valence-electron chi connectivity index (χ0n) is 16.4. The average molecular weight is 419 g/mol. The molecular weight excluding hydrogens is 392 g/mol. The molecule has 29 heavy (non-hydrogen) atoms. The Bertz CT molecular complexity index is 894. The first-order chi connectivity index (χ1) is 13.9. The lowest BCUT2D eigenvalue weighted by Crippen LogP contribution is -2.38. The van der Waals surface area contributed by atoms with Crippen LogP contribution in [-0.4, -0.2) is 51.5 Å². The van der Waals surface area contributed by atoms with Crippen molar-refractivity contribution in [3.8, 4) is 5.75 Å². The topological polar surface area (TPSA) is 84.9 Å². The minimum atomic E-state index is -3.69. The first-order valence-electron chi connectivity index (χ1n) is 9.56. The Morgan fingerprint density at radius 1 is 1.17 bits per heavy atom. The van der Waals surface area contributed by atoms with E-state index in [0.29, 0.717) is 13.2 Å². The van der Waals surface area contributed by atoms with Crippen molar-refractivity contribution in [2.75, 3.05) is 26.8 Å². The van der Waals surface area contributed by atoms with Crippen LogP contribution in [0, 0.1) is 0 Å². The zero-order valence-corrected chi connectivity index (χ0v) is 17.2. The molecule has 0 saturated carbocycles. The quantitative estimate of drug-likeness (QED) is 0.675. The van der Waals surface area contributed by atoms with Crippen LogP contribution < -0.4 is 10.1 Å². The summed E-state index contributed by atoms with van der Waals surface area (Å²) in [5, 5.41) is 2.74. The molecule has 1 heterocycles. The molecule has 1 aliphatic heterocycles. The lowest BCUT2D eigenvalue weighted by atomic mass is 10.2. The highest BCUT2D eigenvalue weighted by Gasteiger charge is 2.22. The molecule has 2 aromatic carbocycles. The Morgan fingerprint density at radius 2 is 1.90 bits per heavy atom. The Labute approximate surface area is 171 Å². The lowest BCUT2D eigenvalue weighted by Gasteiger charge is -2.17. The number of nitrogens with zero attached hydrogens (tertiary/aromatic N) is 1. The van der Waals surface area contributed by atoms with Gasteiger partial charge in [0.05, 0.1) is 17.5 Å². The summed E-state index contributed by atoms with van der Waals surface area (Å²) in [6.07, 6.45) is 2.27. The Hall–Kier alpha value is -2.42. The maximum atomic E-state index is 12.5. The highest BCUT2D eigenvalue weighted by atomic mass is 32.2. The molecule has 1 N–H and O–H groups in total. The van der Waals surface area contributed by atoms with E-state index < -0.39 is 10.0 Å². The second-order valence-corrected chi connectivity index (χ2v) is 8.99. The normalized spacial score (nSPS) is 16.7. The van der Waals surface area contributed by atoms with Gasteiger partial charge in [0.15, 0.2) is 0 Å². The second kappa shape index (κ2) is 9.87. The van der Waals surface area contributed by atoms with Crippen LogP contribution in [-0.2, 0) is 26.1 Å². The molecule has 156 valence electrons. The van der Waals surface area contributed by atoms with Gasteiger partial charge in [-0.15, -0.1) is 0 Å². The van der Waals surface area contributed by atoms with Gasteiger partial charge in [0, 0.05) is 20.2 Å². The van der Waals surface area contributed by atoms with Crippen molar-refractivity contribution in [2.45, 2.75) is 30.4 Å². The molecule has 7 nitrogen and oxygen atoms in total. The van der Waals surface area contributed by atoms with Crippen molar-refractivity contribution >= 4 is 15.9 Å². The molecule has 1 atom stereocenters. The first-order valence-corrected chi connectivity index (χ1v) is 11.0. The second-order valence-electron chi connectivity index (χ2n) is 6.94. The number of rotatable bonds is 9. The summed E-state index contributed by atoms with van der Waals surface area (Å²) in [6, 6.07) is 15.5. The van der Waals surface area contributed by atoms with Gasteiger partial charge in [-0.25, -0.2) is 8.42 Å². The van der Waals surface area contributed by atoms with Gasteiger partial charge < -0.3 is 14.8 Å². The largest absolute Gasteiger partial charge is 0.491 e. The van der Waals surface area contributed by atoms with E-state index >= 15 is 0 Å². The van der Waals surface area contributed by atoms with Crippen LogP contribution in [0.15, 0.2) is 59.5 Å². The van der Waals surface area contributed by atoms with Crippen LogP contribution in [0.4, 0.5) is 0 Å². The van der Waals surface area contributed by atoms with Crippen LogP contribution in [0.3, 0.4) is 0 Å². The fourth-order valence-electron chi connectivity index (χ4n) is 2.98. The Kier molecular flexibility index (Phi) is 7.24. The van der Waals surface area contributed by atoms with E-state index in [0.717, 1.165) is 35.1 Å². The highest BCUT2D eigenvalue weighted by Crippen LogP contribution is 2.17. The summed E-state index contributed by atoms with van der Waals surface area (Å²) in [5.74, 6) is 0.384. The number of amides is 1. The molecule has 3 rings (SSSR count). The van der Waals surface area contributed by atoms with Crippen molar-refractivity contribution in [1.82, 2.24) is 9.62 Å². The van der Waals surface area contributed by atoms with E-state index in [9.17, 15) is 13.2 Å². The number of ether oxygens (including phenoxy) is 2. The SMILES string of the molecule is CN(CC(=O)NCc1ccc(OCC2CCCO2)cc1)S(=O)(=O)c1ccccc1. The summed E-state index contributed by atoms with van der Waals surface area (Å²) in [7, 11) is -2.30. The minimum absolute atomic E-state index is 0.161. The number of carbonyl (C=O) groups is 1. The summed E-state index contributed by atoms with van der Waals surface area (Å²) in [6.45, 7) is 1.40. The van der Waals surface area contributed by atoms with Gasteiger partial charge in [-0.1, -0.05) is 30.3 Å². The number of carbonyl (C=O) groups excluding carboxylic acids is 1. The van der Waals surface area contributed by atoms with E-state index in [1.165, 1.54) is 19.2 Å². The van der Waals surface area contributed by atoms with E-state index in [1.54, 1.807) is 18.2 Å². The molecule has 1 fully saturated rings. The van der Waals surface area contributed by atoms with Gasteiger partial charge in [-0.05, 0) is 42.7 Å². The van der Waals surface area contributed by atoms with E-state index in [2.05, 4.69) is 5.32 Å². The molecule has 0 aromatic heterocycles. The van der Waals surface area contributed by atoms with Gasteiger partial charge >= 0.3 is 0 Å². The van der Waals surface area contributed by atoms with Crippen LogP contribution in [0.2, 0.25) is 0 Å². The number of sulfonamides is 1. The molecule has 0 radical (unpaired) electrons. The number of hydrogen-bond acceptors (Lipinski definition) is 5. The third kappa shape index (κ3) is 6.03. The molecular formula is C21H26N2O5S. The van der Waals surface area contributed by atoms with E-state index in [4.69, 9.17) is 9.47 Å². The third-order valence-corrected chi connectivity index (χ3v) is 6.51. The number of hydrogen-bond donors (Lipinski definition) is 1. The smallest absolute Gasteiger partial charge is 0.243 e. The number of nitrogens with one attached hydrogen (secondary N) is 1. The summed E-state index contributed by atoms with van der Waals surface area (Å²) < 4.78 is 37.2. The fraction of sp³-hybridized carbons (Fsp3) is 0.381. The summed E-state index contributed by atoms with van der Waals surface area (Å²) in [5.41, 5.74) is 0.899. The molecule has 8 heteroatoms. The fourth-order valence-corrected chi connectivity index (χ4v) is 4.13. The van der Waals surface area contributed by atoms with Crippen molar-refractivity contribution in [1.29, 1.82) is 0 Å². The summed E-state index contributed by atoms with van der Waals surface area (Å²) in [4.78, 5) is 12.3. The summed E-state index contributed by atoms with van der Waals surface area (Å²) >= 11 is 0. The lowest BCUT2D eigenvalue weighted by molar-refractivity contribution is -0.121. The number of benzene rings is 2. The van der Waals surface area contributed by atoms with Gasteiger partial charge in [-0.2, -0.15) is 4.31 Å². The van der Waals surface area contributed by atoms with Gasteiger partial charge in [0.2, 0.25) is 15.9 Å². The maximum absolute atomic E-state index is 12.5. The van der Waals surface area contributed by atoms with Gasteiger partial charge in [-0.3, -0.25) is 4.79 Å². The molecule has 1 aliphatic rings. The molecule has 2 aromatic rings. The Balaban J connectivity index is 1.45. The average Bonchev–Trinajstić information content (AvgIpc) is 3.26. The van der Waals surface area contributed by atoms with Crippen LogP contribution in [0.5, 0.6) is 5.75 Å². The van der Waals surface area contributed by atoms with Crippen LogP contribution in [0.25, 0.3) is 0 Å². The van der Waals surface area contributed by atoms with Crippen LogP contribution in [0.1, 0.15) is 18.4 Å². The zero-order chi connectivity index (χ0) is 20.7.